The van der Waals surface area contributed by atoms with E-state index in [4.69, 9.17) is 9.47 Å². The quantitative estimate of drug-likeness (QED) is 0.799. The molecule has 0 fully saturated rings. The first kappa shape index (κ1) is 19.3. The highest BCUT2D eigenvalue weighted by atomic mass is 16.5. The summed E-state index contributed by atoms with van der Waals surface area (Å²) >= 11 is 0. The van der Waals surface area contributed by atoms with Crippen LogP contribution in [0.5, 0.6) is 11.5 Å². The van der Waals surface area contributed by atoms with Gasteiger partial charge in [0.05, 0.1) is 20.8 Å². The summed E-state index contributed by atoms with van der Waals surface area (Å²) in [6, 6.07) is 12.5. The summed E-state index contributed by atoms with van der Waals surface area (Å²) in [7, 11) is 3.02. The van der Waals surface area contributed by atoms with Crippen LogP contribution >= 0.6 is 0 Å². The molecule has 0 unspecified atom stereocenters. The maximum absolute atomic E-state index is 12.3. The van der Waals surface area contributed by atoms with Crippen molar-refractivity contribution in [2.24, 2.45) is 0 Å². The van der Waals surface area contributed by atoms with E-state index in [1.165, 1.54) is 14.2 Å². The number of methoxy groups -OCH3 is 2. The van der Waals surface area contributed by atoms with Crippen molar-refractivity contribution in [3.05, 3.63) is 53.6 Å². The van der Waals surface area contributed by atoms with Gasteiger partial charge in [-0.05, 0) is 29.7 Å². The number of amides is 2. The van der Waals surface area contributed by atoms with Gasteiger partial charge in [0, 0.05) is 17.3 Å². The first-order chi connectivity index (χ1) is 12.4. The van der Waals surface area contributed by atoms with Crippen LogP contribution in [-0.4, -0.2) is 32.6 Å². The third-order valence-electron chi connectivity index (χ3n) is 3.88. The lowest BCUT2D eigenvalue weighted by molar-refractivity contribution is -0.115. The van der Waals surface area contributed by atoms with Crippen LogP contribution in [0, 0.1) is 0 Å². The monoisotopic (exact) mass is 356 g/mol. The molecule has 6 nitrogen and oxygen atoms in total. The van der Waals surface area contributed by atoms with Crippen LogP contribution in [0.3, 0.4) is 0 Å². The largest absolute Gasteiger partial charge is 0.497 e. The molecule has 0 bridgehead atoms. The number of para-hydroxylation sites is 1. The summed E-state index contributed by atoms with van der Waals surface area (Å²) in [6.07, 6.45) is 0. The Morgan fingerprint density at radius 2 is 1.62 bits per heavy atom. The molecule has 6 heteroatoms. The molecule has 0 aliphatic rings. The lowest BCUT2D eigenvalue weighted by Crippen LogP contribution is -2.33. The summed E-state index contributed by atoms with van der Waals surface area (Å²) < 4.78 is 10.3. The minimum absolute atomic E-state index is 0.134. The van der Waals surface area contributed by atoms with Crippen LogP contribution < -0.4 is 20.1 Å². The zero-order valence-electron chi connectivity index (χ0n) is 15.5. The Hall–Kier alpha value is -3.02. The van der Waals surface area contributed by atoms with Crippen molar-refractivity contribution in [2.75, 3.05) is 26.1 Å². The van der Waals surface area contributed by atoms with Crippen LogP contribution in [0.2, 0.25) is 0 Å². The highest BCUT2D eigenvalue weighted by Gasteiger charge is 2.13. The van der Waals surface area contributed by atoms with Gasteiger partial charge < -0.3 is 20.1 Å². The number of ether oxygens (including phenoxy) is 2. The third-order valence-corrected chi connectivity index (χ3v) is 3.88. The smallest absolute Gasteiger partial charge is 0.251 e. The second kappa shape index (κ2) is 8.89. The van der Waals surface area contributed by atoms with Crippen LogP contribution in [0.25, 0.3) is 0 Å². The topological polar surface area (TPSA) is 76.7 Å². The zero-order chi connectivity index (χ0) is 19.1. The van der Waals surface area contributed by atoms with E-state index < -0.39 is 0 Å². The lowest BCUT2D eigenvalue weighted by atomic mass is 10.0. The van der Waals surface area contributed by atoms with E-state index >= 15 is 0 Å². The molecule has 2 N–H and O–H groups in total. The van der Waals surface area contributed by atoms with Crippen molar-refractivity contribution in [1.29, 1.82) is 0 Å². The molecule has 26 heavy (non-hydrogen) atoms. The van der Waals surface area contributed by atoms with Gasteiger partial charge in [-0.25, -0.2) is 0 Å². The molecule has 0 spiro atoms. The number of carbonyl (C=O) groups is 2. The molecule has 2 aromatic carbocycles. The number of rotatable bonds is 7. The van der Waals surface area contributed by atoms with Gasteiger partial charge >= 0.3 is 0 Å². The molecule has 2 amide bonds. The van der Waals surface area contributed by atoms with Crippen molar-refractivity contribution in [2.45, 2.75) is 19.8 Å². The summed E-state index contributed by atoms with van der Waals surface area (Å²) in [5.74, 6) is 0.621. The second-order valence-corrected chi connectivity index (χ2v) is 6.07. The average molecular weight is 356 g/mol. The van der Waals surface area contributed by atoms with Gasteiger partial charge in [-0.1, -0.05) is 32.0 Å². The molecule has 0 saturated heterocycles. The molecule has 138 valence electrons. The minimum atomic E-state index is -0.380. The van der Waals surface area contributed by atoms with Gasteiger partial charge in [-0.3, -0.25) is 9.59 Å². The summed E-state index contributed by atoms with van der Waals surface area (Å²) in [4.78, 5) is 24.5. The number of nitrogens with one attached hydrogen (secondary N) is 2. The Morgan fingerprint density at radius 1 is 1.00 bits per heavy atom. The number of carbonyl (C=O) groups excluding carboxylic acids is 2. The molecule has 0 saturated carbocycles. The predicted octanol–water partition coefficient (Wildman–Crippen LogP) is 3.20. The van der Waals surface area contributed by atoms with Gasteiger partial charge in [-0.15, -0.1) is 0 Å². The van der Waals surface area contributed by atoms with Crippen molar-refractivity contribution >= 4 is 17.5 Å². The minimum Gasteiger partial charge on any atom is -0.497 e. The molecule has 0 atom stereocenters. The average Bonchev–Trinajstić information content (AvgIpc) is 2.65. The van der Waals surface area contributed by atoms with Crippen molar-refractivity contribution < 1.29 is 19.1 Å². The van der Waals surface area contributed by atoms with Gasteiger partial charge in [0.1, 0.15) is 11.5 Å². The highest BCUT2D eigenvalue weighted by molar-refractivity contribution is 6.00. The van der Waals surface area contributed by atoms with Gasteiger partial charge in [0.25, 0.3) is 5.91 Å². The molecule has 0 radical (unpaired) electrons. The Balaban J connectivity index is 2.00. The third kappa shape index (κ3) is 4.99. The summed E-state index contributed by atoms with van der Waals surface area (Å²) in [5.41, 5.74) is 2.16. The molecule has 0 aliphatic carbocycles. The van der Waals surface area contributed by atoms with E-state index in [0.717, 1.165) is 11.3 Å². The fourth-order valence-corrected chi connectivity index (χ4v) is 2.51. The Labute approximate surface area is 153 Å². The molecule has 0 heterocycles. The van der Waals surface area contributed by atoms with Crippen LogP contribution in [0.1, 0.15) is 35.7 Å². The number of anilines is 1. The van der Waals surface area contributed by atoms with E-state index in [2.05, 4.69) is 24.5 Å². The van der Waals surface area contributed by atoms with E-state index in [1.807, 2.05) is 24.3 Å². The highest BCUT2D eigenvalue weighted by Crippen LogP contribution is 2.24. The number of hydrogen-bond donors (Lipinski definition) is 2. The molecule has 0 aliphatic heterocycles. The van der Waals surface area contributed by atoms with Crippen LogP contribution in [-0.2, 0) is 4.79 Å². The summed E-state index contributed by atoms with van der Waals surface area (Å²) in [6.45, 7) is 3.98. The van der Waals surface area contributed by atoms with Gasteiger partial charge in [0.2, 0.25) is 5.91 Å². The lowest BCUT2D eigenvalue weighted by Gasteiger charge is -2.14. The van der Waals surface area contributed by atoms with E-state index in [0.29, 0.717) is 17.1 Å². The molecular weight excluding hydrogens is 332 g/mol. The molecule has 2 rings (SSSR count). The summed E-state index contributed by atoms with van der Waals surface area (Å²) in [5, 5.41) is 5.45. The Bertz CT molecular complexity index is 765. The number of benzene rings is 2. The predicted molar refractivity (Wildman–Crippen MR) is 101 cm³/mol. The fourth-order valence-electron chi connectivity index (χ4n) is 2.51. The Kier molecular flexibility index (Phi) is 6.60. The normalized spacial score (nSPS) is 10.3. The maximum Gasteiger partial charge on any atom is 0.251 e. The second-order valence-electron chi connectivity index (χ2n) is 6.07. The fraction of sp³-hybridized carbons (Fsp3) is 0.300. The molecule has 0 aromatic heterocycles. The van der Waals surface area contributed by atoms with Gasteiger partial charge in [-0.2, -0.15) is 0 Å². The Morgan fingerprint density at radius 3 is 2.19 bits per heavy atom. The van der Waals surface area contributed by atoms with E-state index in [1.54, 1.807) is 18.2 Å². The SMILES string of the molecule is COc1cc(OC)cc(C(=O)NCC(=O)Nc2ccccc2C(C)C)c1. The molecule has 2 aromatic rings. The zero-order valence-corrected chi connectivity index (χ0v) is 15.5. The number of hydrogen-bond acceptors (Lipinski definition) is 4. The first-order valence-corrected chi connectivity index (χ1v) is 8.34. The van der Waals surface area contributed by atoms with E-state index in [9.17, 15) is 9.59 Å². The van der Waals surface area contributed by atoms with Gasteiger partial charge in [0.15, 0.2) is 0 Å². The van der Waals surface area contributed by atoms with Crippen molar-refractivity contribution in [3.63, 3.8) is 0 Å². The molecular formula is C20H24N2O4. The first-order valence-electron chi connectivity index (χ1n) is 8.34. The maximum atomic E-state index is 12.3. The van der Waals surface area contributed by atoms with Crippen LogP contribution in [0.4, 0.5) is 5.69 Å². The van der Waals surface area contributed by atoms with Crippen molar-refractivity contribution in [3.8, 4) is 11.5 Å². The van der Waals surface area contributed by atoms with E-state index in [-0.39, 0.29) is 24.3 Å². The van der Waals surface area contributed by atoms with Crippen LogP contribution in [0.15, 0.2) is 42.5 Å². The van der Waals surface area contributed by atoms with Crippen molar-refractivity contribution in [1.82, 2.24) is 5.32 Å². The standard InChI is InChI=1S/C20H24N2O4/c1-13(2)17-7-5-6-8-18(17)22-19(23)12-21-20(24)14-9-15(25-3)11-16(10-14)26-4/h5-11,13H,12H2,1-4H3,(H,21,24)(H,22,23).